The van der Waals surface area contributed by atoms with Crippen LogP contribution in [0.25, 0.3) is 0 Å². The van der Waals surface area contributed by atoms with Crippen molar-refractivity contribution in [2.24, 2.45) is 5.92 Å². The van der Waals surface area contributed by atoms with Crippen LogP contribution >= 0.6 is 0 Å². The molecule has 130 valence electrons. The maximum Gasteiger partial charge on any atom is 0.241 e. The van der Waals surface area contributed by atoms with E-state index in [2.05, 4.69) is 29.3 Å². The Morgan fingerprint density at radius 2 is 1.88 bits per heavy atom. The molecule has 5 nitrogen and oxygen atoms in total. The van der Waals surface area contributed by atoms with Crippen LogP contribution in [0.15, 0.2) is 24.3 Å². The van der Waals surface area contributed by atoms with Crippen molar-refractivity contribution in [3.8, 4) is 0 Å². The van der Waals surface area contributed by atoms with Gasteiger partial charge < -0.3 is 10.2 Å². The number of amides is 2. The highest BCUT2D eigenvalue weighted by Gasteiger charge is 2.30. The van der Waals surface area contributed by atoms with E-state index in [9.17, 15) is 9.59 Å². The largest absolute Gasteiger partial charge is 0.359 e. The minimum absolute atomic E-state index is 0.0935. The highest BCUT2D eigenvalue weighted by molar-refractivity contribution is 5.96. The first-order valence-electron chi connectivity index (χ1n) is 8.94. The quantitative estimate of drug-likeness (QED) is 0.920. The molecule has 0 saturated carbocycles. The summed E-state index contributed by atoms with van der Waals surface area (Å²) >= 11 is 0. The monoisotopic (exact) mass is 329 g/mol. The second-order valence-corrected chi connectivity index (χ2v) is 6.94. The van der Waals surface area contributed by atoms with Crippen LogP contribution in [-0.4, -0.2) is 49.4 Å². The van der Waals surface area contributed by atoms with Gasteiger partial charge >= 0.3 is 0 Å². The number of aryl methyl sites for hydroxylation is 1. The molecule has 0 aliphatic carbocycles. The van der Waals surface area contributed by atoms with Crippen LogP contribution in [-0.2, 0) is 16.0 Å². The van der Waals surface area contributed by atoms with Crippen LogP contribution in [0.1, 0.15) is 31.7 Å². The highest BCUT2D eigenvalue weighted by Crippen LogP contribution is 2.30. The number of hydrogen-bond acceptors (Lipinski definition) is 3. The standard InChI is InChI=1S/C19H27N3O2/c1-14-7-8-15-5-3-4-6-17(15)22(14)18(23)13-21-11-9-16(10-12-21)19(24)20-2/h3-6,14,16H,7-13H2,1-2H3,(H,20,24). The van der Waals surface area contributed by atoms with Crippen molar-refractivity contribution in [1.29, 1.82) is 0 Å². The lowest BCUT2D eigenvalue weighted by Crippen LogP contribution is -2.49. The molecule has 0 spiro atoms. The molecule has 0 aromatic heterocycles. The Balaban J connectivity index is 1.63. The molecule has 1 fully saturated rings. The topological polar surface area (TPSA) is 52.7 Å². The number of carbonyl (C=O) groups is 2. The molecule has 24 heavy (non-hydrogen) atoms. The molecule has 0 radical (unpaired) electrons. The van der Waals surface area contributed by atoms with Crippen molar-refractivity contribution in [2.75, 3.05) is 31.6 Å². The summed E-state index contributed by atoms with van der Waals surface area (Å²) in [5.41, 5.74) is 2.34. The predicted octanol–water partition coefficient (Wildman–Crippen LogP) is 1.81. The van der Waals surface area contributed by atoms with Gasteiger partial charge in [0.2, 0.25) is 11.8 Å². The summed E-state index contributed by atoms with van der Waals surface area (Å²) in [6, 6.07) is 8.47. The van der Waals surface area contributed by atoms with Gasteiger partial charge in [-0.05, 0) is 57.3 Å². The summed E-state index contributed by atoms with van der Waals surface area (Å²) in [5.74, 6) is 0.392. The van der Waals surface area contributed by atoms with E-state index < -0.39 is 0 Å². The summed E-state index contributed by atoms with van der Waals surface area (Å²) in [6.45, 7) is 4.20. The number of carbonyl (C=O) groups excluding carboxylic acids is 2. The van der Waals surface area contributed by atoms with Crippen LogP contribution in [0.2, 0.25) is 0 Å². The zero-order valence-electron chi connectivity index (χ0n) is 14.6. The van der Waals surface area contributed by atoms with E-state index >= 15 is 0 Å². The summed E-state index contributed by atoms with van der Waals surface area (Å²) < 4.78 is 0. The number of benzene rings is 1. The first-order valence-corrected chi connectivity index (χ1v) is 8.94. The van der Waals surface area contributed by atoms with Gasteiger partial charge in [0, 0.05) is 24.7 Å². The van der Waals surface area contributed by atoms with Gasteiger partial charge in [-0.15, -0.1) is 0 Å². The number of rotatable bonds is 3. The molecule has 1 N–H and O–H groups in total. The van der Waals surface area contributed by atoms with Crippen molar-refractivity contribution in [3.63, 3.8) is 0 Å². The van der Waals surface area contributed by atoms with E-state index in [0.717, 1.165) is 44.5 Å². The van der Waals surface area contributed by atoms with Crippen molar-refractivity contribution in [3.05, 3.63) is 29.8 Å². The number of likely N-dealkylation sites (tertiary alicyclic amines) is 1. The van der Waals surface area contributed by atoms with Gasteiger partial charge in [0.05, 0.1) is 6.54 Å². The highest BCUT2D eigenvalue weighted by atomic mass is 16.2. The molecule has 5 heteroatoms. The molecular formula is C19H27N3O2. The Morgan fingerprint density at radius 1 is 1.17 bits per heavy atom. The van der Waals surface area contributed by atoms with E-state index in [1.165, 1.54) is 5.56 Å². The molecule has 1 saturated heterocycles. The molecule has 2 aliphatic heterocycles. The van der Waals surface area contributed by atoms with Crippen LogP contribution in [0, 0.1) is 5.92 Å². The fourth-order valence-electron chi connectivity index (χ4n) is 3.89. The average Bonchev–Trinajstić information content (AvgIpc) is 2.61. The molecular weight excluding hydrogens is 302 g/mol. The summed E-state index contributed by atoms with van der Waals surface area (Å²) in [6.07, 6.45) is 3.72. The Bertz CT molecular complexity index is 608. The third-order valence-electron chi connectivity index (χ3n) is 5.36. The Morgan fingerprint density at radius 3 is 2.58 bits per heavy atom. The zero-order chi connectivity index (χ0) is 17.1. The molecule has 2 heterocycles. The third-order valence-corrected chi connectivity index (χ3v) is 5.36. The minimum Gasteiger partial charge on any atom is -0.359 e. The van der Waals surface area contributed by atoms with Crippen LogP contribution < -0.4 is 10.2 Å². The maximum absolute atomic E-state index is 12.9. The number of anilines is 1. The van der Waals surface area contributed by atoms with Crippen LogP contribution in [0.5, 0.6) is 0 Å². The van der Waals surface area contributed by atoms with Gasteiger partial charge in [-0.3, -0.25) is 14.5 Å². The van der Waals surface area contributed by atoms with Gasteiger partial charge in [0.1, 0.15) is 0 Å². The van der Waals surface area contributed by atoms with Gasteiger partial charge in [0.15, 0.2) is 0 Å². The molecule has 2 amide bonds. The lowest BCUT2D eigenvalue weighted by molar-refractivity contribution is -0.126. The lowest BCUT2D eigenvalue weighted by Gasteiger charge is -2.38. The van der Waals surface area contributed by atoms with Crippen LogP contribution in [0.3, 0.4) is 0 Å². The SMILES string of the molecule is CNC(=O)C1CCN(CC(=O)N2c3ccccc3CCC2C)CC1. The number of para-hydroxylation sites is 1. The Labute approximate surface area is 144 Å². The van der Waals surface area contributed by atoms with Gasteiger partial charge in [-0.1, -0.05) is 18.2 Å². The number of fused-ring (bicyclic) bond motifs is 1. The second-order valence-electron chi connectivity index (χ2n) is 6.94. The van der Waals surface area contributed by atoms with E-state index in [1.807, 2.05) is 17.0 Å². The van der Waals surface area contributed by atoms with Crippen molar-refractivity contribution >= 4 is 17.5 Å². The summed E-state index contributed by atoms with van der Waals surface area (Å²) in [7, 11) is 1.69. The smallest absolute Gasteiger partial charge is 0.241 e. The third kappa shape index (κ3) is 3.46. The first kappa shape index (κ1) is 17.0. The van der Waals surface area contributed by atoms with E-state index in [-0.39, 0.29) is 23.8 Å². The molecule has 1 aromatic carbocycles. The van der Waals surface area contributed by atoms with Gasteiger partial charge in [0.25, 0.3) is 0 Å². The van der Waals surface area contributed by atoms with Crippen molar-refractivity contribution in [1.82, 2.24) is 10.2 Å². The molecule has 1 aromatic rings. The molecule has 1 atom stereocenters. The number of piperidine rings is 1. The predicted molar refractivity (Wildman–Crippen MR) is 94.9 cm³/mol. The van der Waals surface area contributed by atoms with E-state index in [0.29, 0.717) is 6.54 Å². The fraction of sp³-hybridized carbons (Fsp3) is 0.579. The number of nitrogens with one attached hydrogen (secondary N) is 1. The van der Waals surface area contributed by atoms with Gasteiger partial charge in [-0.25, -0.2) is 0 Å². The van der Waals surface area contributed by atoms with Crippen molar-refractivity contribution < 1.29 is 9.59 Å². The lowest BCUT2D eigenvalue weighted by atomic mass is 9.95. The number of nitrogens with zero attached hydrogens (tertiary/aromatic N) is 2. The zero-order valence-corrected chi connectivity index (χ0v) is 14.6. The molecule has 1 unspecified atom stereocenters. The average molecular weight is 329 g/mol. The summed E-state index contributed by atoms with van der Waals surface area (Å²) in [4.78, 5) is 28.8. The van der Waals surface area contributed by atoms with Crippen molar-refractivity contribution in [2.45, 2.75) is 38.6 Å². The van der Waals surface area contributed by atoms with Crippen LogP contribution in [0.4, 0.5) is 5.69 Å². The first-order chi connectivity index (χ1) is 11.6. The Hall–Kier alpha value is -1.88. The fourth-order valence-corrected chi connectivity index (χ4v) is 3.89. The van der Waals surface area contributed by atoms with E-state index in [4.69, 9.17) is 0 Å². The normalized spacial score (nSPS) is 22.1. The Kier molecular flexibility index (Phi) is 5.19. The van der Waals surface area contributed by atoms with E-state index in [1.54, 1.807) is 7.05 Å². The maximum atomic E-state index is 12.9. The second kappa shape index (κ2) is 7.34. The number of hydrogen-bond donors (Lipinski definition) is 1. The molecule has 2 aliphatic rings. The molecule has 3 rings (SSSR count). The minimum atomic E-state index is 0.0935. The van der Waals surface area contributed by atoms with Gasteiger partial charge in [-0.2, -0.15) is 0 Å². The molecule has 0 bridgehead atoms. The summed E-state index contributed by atoms with van der Waals surface area (Å²) in [5, 5.41) is 2.73.